The predicted octanol–water partition coefficient (Wildman–Crippen LogP) is 9.03. The third-order valence-electron chi connectivity index (χ3n) is 6.93. The first-order chi connectivity index (χ1) is 21.0. The molecule has 0 bridgehead atoms. The highest BCUT2D eigenvalue weighted by Gasteiger charge is 2.34. The Balaban J connectivity index is 1.71. The van der Waals surface area contributed by atoms with Gasteiger partial charge in [-0.15, -0.1) is 0 Å². The molecule has 45 heavy (non-hydrogen) atoms. The van der Waals surface area contributed by atoms with Gasteiger partial charge in [-0.3, -0.25) is 9.59 Å². The lowest BCUT2D eigenvalue weighted by molar-refractivity contribution is -0.115. The molecule has 0 heterocycles. The molecule has 0 aliphatic carbocycles. The van der Waals surface area contributed by atoms with Crippen LogP contribution in [0.4, 0.5) is 11.4 Å². The summed E-state index contributed by atoms with van der Waals surface area (Å²) in [7, 11) is -4.09. The molecular formula is C33H39Cl3N2O6S. The first kappa shape index (κ1) is 36.5. The van der Waals surface area contributed by atoms with Crippen LogP contribution < -0.4 is 15.4 Å². The van der Waals surface area contributed by atoms with Crippen LogP contribution in [0.1, 0.15) is 70.7 Å². The molecule has 3 aromatic carbocycles. The van der Waals surface area contributed by atoms with Gasteiger partial charge in [-0.1, -0.05) is 75.8 Å². The van der Waals surface area contributed by atoms with E-state index in [9.17, 15) is 23.1 Å². The third-order valence-corrected chi connectivity index (χ3v) is 9.80. The van der Waals surface area contributed by atoms with Crippen molar-refractivity contribution in [3.8, 4) is 11.5 Å². The number of halogens is 3. The van der Waals surface area contributed by atoms with Crippen LogP contribution in [0, 0.1) is 11.3 Å². The van der Waals surface area contributed by atoms with E-state index in [1.54, 1.807) is 19.1 Å². The normalized spacial score (nSPS) is 13.2. The van der Waals surface area contributed by atoms with Crippen molar-refractivity contribution < 1.29 is 27.9 Å². The third kappa shape index (κ3) is 10.5. The number of amides is 2. The molecule has 0 spiro atoms. The Labute approximate surface area is 280 Å². The number of carbonyl (C=O) groups is 2. The fraction of sp³-hybridized carbons (Fsp3) is 0.394. The van der Waals surface area contributed by atoms with Crippen LogP contribution in [0.3, 0.4) is 0 Å². The minimum absolute atomic E-state index is 0.0160. The largest absolute Gasteiger partial charge is 0.506 e. The Bertz CT molecular complexity index is 1600. The van der Waals surface area contributed by atoms with Gasteiger partial charge in [0, 0.05) is 21.7 Å². The van der Waals surface area contributed by atoms with Crippen molar-refractivity contribution in [2.75, 3.05) is 17.2 Å². The van der Waals surface area contributed by atoms with Crippen LogP contribution in [-0.2, 0) is 14.6 Å². The van der Waals surface area contributed by atoms with Gasteiger partial charge in [-0.25, -0.2) is 8.42 Å². The quantitative estimate of drug-likeness (QED) is 0.153. The van der Waals surface area contributed by atoms with Crippen molar-refractivity contribution in [1.82, 2.24) is 0 Å². The highest BCUT2D eigenvalue weighted by Crippen LogP contribution is 2.35. The Morgan fingerprint density at radius 2 is 1.53 bits per heavy atom. The molecule has 244 valence electrons. The Morgan fingerprint density at radius 1 is 0.911 bits per heavy atom. The summed E-state index contributed by atoms with van der Waals surface area (Å²) < 4.78 is 33.0. The minimum atomic E-state index is -4.09. The Morgan fingerprint density at radius 3 is 2.11 bits per heavy atom. The van der Waals surface area contributed by atoms with Gasteiger partial charge in [0.15, 0.2) is 9.84 Å². The summed E-state index contributed by atoms with van der Waals surface area (Å²) in [5.41, 5.74) is 0.321. The van der Waals surface area contributed by atoms with E-state index in [0.717, 1.165) is 18.9 Å². The van der Waals surface area contributed by atoms with E-state index in [1.165, 1.54) is 36.4 Å². The van der Waals surface area contributed by atoms with Gasteiger partial charge in [0.1, 0.15) is 16.7 Å². The molecule has 8 nitrogen and oxygen atoms in total. The molecule has 12 heteroatoms. The number of ether oxygens (including phenoxy) is 1. The Kier molecular flexibility index (Phi) is 12.6. The van der Waals surface area contributed by atoms with Crippen molar-refractivity contribution in [2.24, 2.45) is 11.3 Å². The van der Waals surface area contributed by atoms with E-state index >= 15 is 0 Å². The second-order valence-corrected chi connectivity index (χ2v) is 15.7. The van der Waals surface area contributed by atoms with Crippen LogP contribution in [0.25, 0.3) is 0 Å². The smallest absolute Gasteiger partial charge is 0.255 e. The molecule has 0 saturated heterocycles. The number of anilines is 2. The highest BCUT2D eigenvalue weighted by atomic mass is 35.5. The van der Waals surface area contributed by atoms with E-state index in [-0.39, 0.29) is 48.7 Å². The van der Waals surface area contributed by atoms with E-state index < -0.39 is 32.7 Å². The number of sulfone groups is 1. The molecular weight excluding hydrogens is 659 g/mol. The number of rotatable bonds is 13. The van der Waals surface area contributed by atoms with E-state index in [1.807, 2.05) is 0 Å². The van der Waals surface area contributed by atoms with Gasteiger partial charge in [0.05, 0.1) is 27.9 Å². The summed E-state index contributed by atoms with van der Waals surface area (Å²) in [5, 5.41) is 14.7. The van der Waals surface area contributed by atoms with Crippen molar-refractivity contribution in [1.29, 1.82) is 0 Å². The Hall–Kier alpha value is -2.98. The number of hydrogen-bond donors (Lipinski definition) is 3. The number of nitrogens with one attached hydrogen (secondary N) is 2. The summed E-state index contributed by atoms with van der Waals surface area (Å²) in [4.78, 5) is 26.0. The predicted molar refractivity (Wildman–Crippen MR) is 182 cm³/mol. The maximum Gasteiger partial charge on any atom is 0.255 e. The number of aromatic hydroxyl groups is 1. The maximum absolute atomic E-state index is 13.6. The lowest BCUT2D eigenvalue weighted by atomic mass is 9.84. The maximum atomic E-state index is 13.6. The summed E-state index contributed by atoms with van der Waals surface area (Å²) in [6.07, 6.45) is 2.42. The van der Waals surface area contributed by atoms with Gasteiger partial charge in [-0.05, 0) is 79.1 Å². The van der Waals surface area contributed by atoms with E-state index in [2.05, 4.69) is 38.3 Å². The fourth-order valence-electron chi connectivity index (χ4n) is 4.95. The van der Waals surface area contributed by atoms with Crippen LogP contribution >= 0.6 is 34.8 Å². The zero-order valence-corrected chi connectivity index (χ0v) is 29.0. The lowest BCUT2D eigenvalue weighted by Crippen LogP contribution is -2.35. The van der Waals surface area contributed by atoms with E-state index in [4.69, 9.17) is 39.5 Å². The van der Waals surface area contributed by atoms with Crippen LogP contribution in [-0.4, -0.2) is 37.2 Å². The second-order valence-electron chi connectivity index (χ2n) is 12.3. The number of carbonyl (C=O) groups excluding carboxylic acids is 2. The van der Waals surface area contributed by atoms with E-state index in [0.29, 0.717) is 24.7 Å². The zero-order chi connectivity index (χ0) is 33.5. The first-order valence-corrected chi connectivity index (χ1v) is 17.3. The van der Waals surface area contributed by atoms with Crippen LogP contribution in [0.15, 0.2) is 59.5 Å². The van der Waals surface area contributed by atoms with Crippen molar-refractivity contribution in [3.05, 3.63) is 75.2 Å². The van der Waals surface area contributed by atoms with Crippen molar-refractivity contribution in [2.45, 2.75) is 70.4 Å². The molecule has 0 aromatic heterocycles. The average Bonchev–Trinajstić information content (AvgIpc) is 2.93. The molecule has 0 aliphatic rings. The summed E-state index contributed by atoms with van der Waals surface area (Å²) >= 11 is 18.3. The standard InChI is InChI=1S/C33H39Cl3N2O6S/c1-6-7-30(45(42,43)25-10-8-24(9-11-25)44-13-12-20(2)19-33(3,4)5)32(41)37-27-18-29(39)28(17-26(27)36)38-31(40)21-14-22(34)16-23(35)15-21/h8-11,14-18,20,30,39H,6-7,12-13,19H2,1-5H3,(H,37,41)(H,38,40). The molecule has 0 aliphatic heterocycles. The summed E-state index contributed by atoms with van der Waals surface area (Å²) in [6, 6.07) is 12.7. The second kappa shape index (κ2) is 15.5. The minimum Gasteiger partial charge on any atom is -0.506 e. The van der Waals surface area contributed by atoms with Gasteiger partial charge in [0.25, 0.3) is 5.91 Å². The topological polar surface area (TPSA) is 122 Å². The average molecular weight is 698 g/mol. The highest BCUT2D eigenvalue weighted by molar-refractivity contribution is 7.92. The van der Waals surface area contributed by atoms with Crippen LogP contribution in [0.5, 0.6) is 11.5 Å². The van der Waals surface area contributed by atoms with Gasteiger partial charge in [0.2, 0.25) is 5.91 Å². The molecule has 0 fully saturated rings. The van der Waals surface area contributed by atoms with Crippen molar-refractivity contribution in [3.63, 3.8) is 0 Å². The van der Waals surface area contributed by atoms with Gasteiger partial charge >= 0.3 is 0 Å². The molecule has 0 radical (unpaired) electrons. The summed E-state index contributed by atoms with van der Waals surface area (Å²) in [5.74, 6) is -0.799. The molecule has 3 N–H and O–H groups in total. The number of hydrogen-bond acceptors (Lipinski definition) is 6. The molecule has 2 amide bonds. The molecule has 2 atom stereocenters. The fourth-order valence-corrected chi connectivity index (χ4v) is 7.42. The molecule has 3 rings (SSSR count). The summed E-state index contributed by atoms with van der Waals surface area (Å²) in [6.45, 7) is 11.1. The number of phenolic OH excluding ortho intramolecular Hbond substituents is 1. The van der Waals surface area contributed by atoms with Gasteiger partial charge < -0.3 is 20.5 Å². The van der Waals surface area contributed by atoms with Gasteiger partial charge in [-0.2, -0.15) is 0 Å². The van der Waals surface area contributed by atoms with Crippen LogP contribution in [0.2, 0.25) is 15.1 Å². The first-order valence-electron chi connectivity index (χ1n) is 14.6. The lowest BCUT2D eigenvalue weighted by Gasteiger charge is -2.23. The SMILES string of the molecule is CCCC(C(=O)Nc1cc(O)c(NC(=O)c2cc(Cl)cc(Cl)c2)cc1Cl)S(=O)(=O)c1ccc(OCCC(C)CC(C)(C)C)cc1. The van der Waals surface area contributed by atoms with Crippen molar-refractivity contribution >= 4 is 67.8 Å². The monoisotopic (exact) mass is 696 g/mol. The number of benzene rings is 3. The zero-order valence-electron chi connectivity index (χ0n) is 25.9. The molecule has 3 aromatic rings. The molecule has 0 saturated carbocycles. The molecule has 2 unspecified atom stereocenters. The number of phenols is 1.